The second-order valence-corrected chi connectivity index (χ2v) is 5.23. The Morgan fingerprint density at radius 3 is 2.22 bits per heavy atom. The molecule has 0 bridgehead atoms. The Kier molecular flexibility index (Phi) is 9.02. The van der Waals surface area contributed by atoms with Crippen LogP contribution in [-0.2, 0) is 14.3 Å². The molecule has 0 saturated heterocycles. The van der Waals surface area contributed by atoms with Crippen molar-refractivity contribution in [2.24, 2.45) is 5.92 Å². The lowest BCUT2D eigenvalue weighted by Gasteiger charge is -2.22. The van der Waals surface area contributed by atoms with Gasteiger partial charge >= 0.3 is 5.97 Å². The predicted molar refractivity (Wildman–Crippen MR) is 73.6 cm³/mol. The molecule has 0 aliphatic carbocycles. The van der Waals surface area contributed by atoms with Gasteiger partial charge in [-0.15, -0.1) is 0 Å². The number of hydrogen-bond acceptors (Lipinski definition) is 4. The number of hydrogen-bond donors (Lipinski definition) is 1. The average molecular weight is 259 g/mol. The first-order valence-electron chi connectivity index (χ1n) is 6.92. The highest BCUT2D eigenvalue weighted by Crippen LogP contribution is 2.07. The van der Waals surface area contributed by atoms with E-state index in [1.54, 1.807) is 0 Å². The van der Waals surface area contributed by atoms with Gasteiger partial charge in [0.1, 0.15) is 6.04 Å². The summed E-state index contributed by atoms with van der Waals surface area (Å²) in [6.07, 6.45) is 0.862. The summed E-state index contributed by atoms with van der Waals surface area (Å²) in [5.74, 6) is 0.302. The van der Waals surface area contributed by atoms with Crippen molar-refractivity contribution >= 4 is 5.97 Å². The Hall–Kier alpha value is -0.610. The largest absolute Gasteiger partial charge is 0.465 e. The van der Waals surface area contributed by atoms with E-state index in [-0.39, 0.29) is 24.2 Å². The topological polar surface area (TPSA) is 47.6 Å². The van der Waals surface area contributed by atoms with E-state index in [0.29, 0.717) is 25.6 Å². The van der Waals surface area contributed by atoms with Gasteiger partial charge in [-0.3, -0.25) is 4.79 Å². The minimum absolute atomic E-state index is 0.188. The second-order valence-electron chi connectivity index (χ2n) is 5.23. The van der Waals surface area contributed by atoms with Gasteiger partial charge in [0.2, 0.25) is 0 Å². The van der Waals surface area contributed by atoms with Crippen LogP contribution in [0, 0.1) is 5.92 Å². The van der Waals surface area contributed by atoms with E-state index in [1.807, 2.05) is 20.8 Å². The van der Waals surface area contributed by atoms with Crippen molar-refractivity contribution in [3.8, 4) is 0 Å². The maximum Gasteiger partial charge on any atom is 0.323 e. The molecule has 0 aromatic rings. The van der Waals surface area contributed by atoms with Crippen molar-refractivity contribution in [2.75, 3.05) is 13.2 Å². The molecule has 0 fully saturated rings. The molecule has 0 aliphatic heterocycles. The smallest absolute Gasteiger partial charge is 0.323 e. The maximum absolute atomic E-state index is 11.7. The van der Waals surface area contributed by atoms with Crippen LogP contribution in [0.4, 0.5) is 0 Å². The van der Waals surface area contributed by atoms with E-state index in [2.05, 4.69) is 26.1 Å². The second kappa shape index (κ2) is 9.34. The zero-order chi connectivity index (χ0) is 14.1. The minimum atomic E-state index is -0.274. The quantitative estimate of drug-likeness (QED) is 0.646. The molecule has 4 nitrogen and oxygen atoms in total. The Labute approximate surface area is 111 Å². The molecule has 108 valence electrons. The molecule has 0 saturated carbocycles. The molecule has 0 heterocycles. The van der Waals surface area contributed by atoms with Crippen molar-refractivity contribution in [3.05, 3.63) is 0 Å². The van der Waals surface area contributed by atoms with E-state index in [0.717, 1.165) is 0 Å². The molecule has 0 rings (SSSR count). The number of carbonyl (C=O) groups is 1. The molecule has 1 N–H and O–H groups in total. The molecule has 2 atom stereocenters. The summed E-state index contributed by atoms with van der Waals surface area (Å²) in [6, 6.07) is -0.0220. The van der Waals surface area contributed by atoms with Gasteiger partial charge in [-0.1, -0.05) is 27.7 Å². The van der Waals surface area contributed by atoms with E-state index in [9.17, 15) is 4.79 Å². The summed E-state index contributed by atoms with van der Waals surface area (Å²) < 4.78 is 10.7. The molecule has 0 aliphatic rings. The summed E-state index contributed by atoms with van der Waals surface area (Å²) in [4.78, 5) is 11.7. The monoisotopic (exact) mass is 259 g/mol. The fraction of sp³-hybridized carbons (Fsp3) is 0.929. The van der Waals surface area contributed by atoms with E-state index in [1.165, 1.54) is 0 Å². The maximum atomic E-state index is 11.7. The minimum Gasteiger partial charge on any atom is -0.465 e. The van der Waals surface area contributed by atoms with Gasteiger partial charge in [0.05, 0.1) is 12.7 Å². The van der Waals surface area contributed by atoms with Crippen LogP contribution in [0.25, 0.3) is 0 Å². The van der Waals surface area contributed by atoms with Crippen LogP contribution < -0.4 is 5.32 Å². The number of nitrogens with one attached hydrogen (secondary N) is 1. The third kappa shape index (κ3) is 7.67. The highest BCUT2D eigenvalue weighted by molar-refractivity contribution is 5.75. The first kappa shape index (κ1) is 17.4. The number of ether oxygens (including phenoxy) is 2. The van der Waals surface area contributed by atoms with Gasteiger partial charge in [0, 0.05) is 12.6 Å². The fourth-order valence-corrected chi connectivity index (χ4v) is 1.48. The highest BCUT2D eigenvalue weighted by Gasteiger charge is 2.20. The Morgan fingerprint density at radius 2 is 1.78 bits per heavy atom. The van der Waals surface area contributed by atoms with Crippen molar-refractivity contribution in [2.45, 2.75) is 66.2 Å². The van der Waals surface area contributed by atoms with Gasteiger partial charge in [0.15, 0.2) is 0 Å². The lowest BCUT2D eigenvalue weighted by molar-refractivity contribution is -0.146. The predicted octanol–water partition coefficient (Wildman–Crippen LogP) is 2.37. The third-order valence-corrected chi connectivity index (χ3v) is 2.83. The molecule has 4 heteroatoms. The Balaban J connectivity index is 4.12. The molecule has 18 heavy (non-hydrogen) atoms. The van der Waals surface area contributed by atoms with Crippen LogP contribution in [0.2, 0.25) is 0 Å². The van der Waals surface area contributed by atoms with Crippen LogP contribution in [-0.4, -0.2) is 37.4 Å². The molecular weight excluding hydrogens is 230 g/mol. The van der Waals surface area contributed by atoms with Crippen LogP contribution in [0.1, 0.15) is 48.0 Å². The standard InChI is InChI=1S/C14H29NO3/c1-7-17-14(16)13(15-11(4)5)8-9-18-12(6)10(2)3/h10-13,15H,7-9H2,1-6H3. The normalized spacial score (nSPS) is 14.9. The van der Waals surface area contributed by atoms with Gasteiger partial charge in [-0.2, -0.15) is 0 Å². The van der Waals surface area contributed by atoms with Crippen molar-refractivity contribution in [3.63, 3.8) is 0 Å². The zero-order valence-corrected chi connectivity index (χ0v) is 12.7. The molecule has 0 amide bonds. The van der Waals surface area contributed by atoms with Crippen LogP contribution in [0.15, 0.2) is 0 Å². The van der Waals surface area contributed by atoms with E-state index >= 15 is 0 Å². The van der Waals surface area contributed by atoms with E-state index < -0.39 is 0 Å². The summed E-state index contributed by atoms with van der Waals surface area (Å²) in [5, 5.41) is 3.21. The van der Waals surface area contributed by atoms with Crippen molar-refractivity contribution in [1.29, 1.82) is 0 Å². The first-order valence-corrected chi connectivity index (χ1v) is 6.92. The summed E-state index contributed by atoms with van der Waals surface area (Å²) >= 11 is 0. The third-order valence-electron chi connectivity index (χ3n) is 2.83. The molecule has 0 aromatic carbocycles. The summed E-state index contributed by atoms with van der Waals surface area (Å²) in [7, 11) is 0. The number of carbonyl (C=O) groups excluding carboxylic acids is 1. The van der Waals surface area contributed by atoms with Crippen LogP contribution in [0.5, 0.6) is 0 Å². The zero-order valence-electron chi connectivity index (χ0n) is 12.7. The van der Waals surface area contributed by atoms with Gasteiger partial charge < -0.3 is 14.8 Å². The van der Waals surface area contributed by atoms with Crippen molar-refractivity contribution in [1.82, 2.24) is 5.32 Å². The summed E-state index contributed by atoms with van der Waals surface area (Å²) in [5.41, 5.74) is 0. The highest BCUT2D eigenvalue weighted by atomic mass is 16.5. The van der Waals surface area contributed by atoms with E-state index in [4.69, 9.17) is 9.47 Å². The number of rotatable bonds is 9. The molecule has 0 aromatic heterocycles. The number of esters is 1. The first-order chi connectivity index (χ1) is 8.38. The SMILES string of the molecule is CCOC(=O)C(CCOC(C)C(C)C)NC(C)C. The molecular formula is C14H29NO3. The lowest BCUT2D eigenvalue weighted by atomic mass is 10.1. The lowest BCUT2D eigenvalue weighted by Crippen LogP contribution is -2.42. The fourth-order valence-electron chi connectivity index (χ4n) is 1.48. The van der Waals surface area contributed by atoms with Gasteiger partial charge in [-0.25, -0.2) is 0 Å². The summed E-state index contributed by atoms with van der Waals surface area (Å²) in [6.45, 7) is 13.1. The molecule has 0 radical (unpaired) electrons. The van der Waals surface area contributed by atoms with Crippen LogP contribution >= 0.6 is 0 Å². The van der Waals surface area contributed by atoms with Crippen LogP contribution in [0.3, 0.4) is 0 Å². The molecule has 2 unspecified atom stereocenters. The Bertz CT molecular complexity index is 229. The van der Waals surface area contributed by atoms with Crippen molar-refractivity contribution < 1.29 is 14.3 Å². The average Bonchev–Trinajstić information content (AvgIpc) is 2.27. The molecule has 0 spiro atoms. The Morgan fingerprint density at radius 1 is 1.17 bits per heavy atom. The van der Waals surface area contributed by atoms with Gasteiger partial charge in [-0.05, 0) is 26.2 Å². The van der Waals surface area contributed by atoms with Gasteiger partial charge in [0.25, 0.3) is 0 Å².